The van der Waals surface area contributed by atoms with Crippen LogP contribution in [0, 0.1) is 0 Å². The predicted octanol–water partition coefficient (Wildman–Crippen LogP) is 3.05. The van der Waals surface area contributed by atoms with Crippen LogP contribution in [0.3, 0.4) is 0 Å². The molecular formula is C22H39IN4O2. The third-order valence-corrected chi connectivity index (χ3v) is 4.93. The molecule has 2 rings (SSSR count). The summed E-state index contributed by atoms with van der Waals surface area (Å²) in [4.78, 5) is 6.81. The molecule has 0 unspecified atom stereocenters. The van der Waals surface area contributed by atoms with Gasteiger partial charge < -0.3 is 20.1 Å². The molecule has 1 aromatic carbocycles. The smallest absolute Gasteiger partial charge is 0.191 e. The summed E-state index contributed by atoms with van der Waals surface area (Å²) in [6.07, 6.45) is 4.56. The van der Waals surface area contributed by atoms with Gasteiger partial charge in [0.25, 0.3) is 0 Å². The summed E-state index contributed by atoms with van der Waals surface area (Å²) >= 11 is 0. The number of hydrogen-bond donors (Lipinski definition) is 2. The van der Waals surface area contributed by atoms with Gasteiger partial charge in [-0.3, -0.25) is 9.89 Å². The standard InChI is InChI=1S/C22H38N4O2.HI/c1-3-4-15-27-17-18-28-16-12-25-22(23-2)24-11-7-13-26-14-10-20-8-5-6-9-21(20)19-26;/h5-6,8-9H,3-4,7,10-19H2,1-2H3,(H2,23,24,25);1H. The van der Waals surface area contributed by atoms with E-state index in [1.54, 1.807) is 7.05 Å². The second kappa shape index (κ2) is 16.8. The molecule has 7 heteroatoms. The number of hydrogen-bond acceptors (Lipinski definition) is 4. The molecule has 1 aliphatic heterocycles. The van der Waals surface area contributed by atoms with Gasteiger partial charge in [-0.15, -0.1) is 24.0 Å². The Kier molecular flexibility index (Phi) is 15.2. The normalized spacial score (nSPS) is 14.2. The number of rotatable bonds is 13. The first-order valence-corrected chi connectivity index (χ1v) is 10.7. The lowest BCUT2D eigenvalue weighted by Gasteiger charge is -2.28. The first-order chi connectivity index (χ1) is 13.8. The van der Waals surface area contributed by atoms with Crippen LogP contribution in [-0.2, 0) is 22.4 Å². The molecule has 1 heterocycles. The summed E-state index contributed by atoms with van der Waals surface area (Å²) in [6, 6.07) is 8.80. The van der Waals surface area contributed by atoms with E-state index < -0.39 is 0 Å². The molecule has 166 valence electrons. The molecule has 0 fully saturated rings. The Bertz CT molecular complexity index is 571. The summed E-state index contributed by atoms with van der Waals surface area (Å²) in [5.41, 5.74) is 2.99. The zero-order chi connectivity index (χ0) is 19.9. The zero-order valence-corrected chi connectivity index (χ0v) is 20.5. The Morgan fingerprint density at radius 2 is 1.72 bits per heavy atom. The molecule has 0 amide bonds. The fraction of sp³-hybridized carbons (Fsp3) is 0.682. The number of guanidine groups is 1. The molecule has 29 heavy (non-hydrogen) atoms. The third-order valence-electron chi connectivity index (χ3n) is 4.93. The summed E-state index contributed by atoms with van der Waals surface area (Å²) in [6.45, 7) is 9.99. The highest BCUT2D eigenvalue weighted by atomic mass is 127. The van der Waals surface area contributed by atoms with Crippen LogP contribution < -0.4 is 10.6 Å². The third kappa shape index (κ3) is 11.2. The van der Waals surface area contributed by atoms with Crippen molar-refractivity contribution in [2.75, 3.05) is 59.7 Å². The highest BCUT2D eigenvalue weighted by Crippen LogP contribution is 2.18. The number of benzene rings is 1. The maximum atomic E-state index is 5.57. The Hall–Kier alpha value is -0.900. The Morgan fingerprint density at radius 3 is 2.48 bits per heavy atom. The maximum absolute atomic E-state index is 5.57. The number of halogens is 1. The molecule has 0 radical (unpaired) electrons. The molecule has 1 aromatic rings. The highest BCUT2D eigenvalue weighted by molar-refractivity contribution is 14.0. The van der Waals surface area contributed by atoms with E-state index in [9.17, 15) is 0 Å². The number of aliphatic imine (C=N–C) groups is 1. The van der Waals surface area contributed by atoms with E-state index in [2.05, 4.69) is 51.7 Å². The second-order valence-electron chi connectivity index (χ2n) is 7.15. The predicted molar refractivity (Wildman–Crippen MR) is 131 cm³/mol. The van der Waals surface area contributed by atoms with Gasteiger partial charge in [-0.25, -0.2) is 0 Å². The van der Waals surface area contributed by atoms with Gasteiger partial charge in [0.15, 0.2) is 5.96 Å². The molecule has 0 aliphatic carbocycles. The Labute approximate surface area is 193 Å². The first kappa shape index (κ1) is 26.1. The lowest BCUT2D eigenvalue weighted by molar-refractivity contribution is 0.0487. The SMILES string of the molecule is CCCCOCCOCCNC(=NC)NCCCN1CCc2ccccc2C1.I. The molecule has 0 bridgehead atoms. The Morgan fingerprint density at radius 1 is 1.00 bits per heavy atom. The lowest BCUT2D eigenvalue weighted by atomic mass is 10.00. The Balaban J connectivity index is 0.00000420. The van der Waals surface area contributed by atoms with Gasteiger partial charge in [-0.05, 0) is 30.4 Å². The average Bonchev–Trinajstić information content (AvgIpc) is 2.74. The van der Waals surface area contributed by atoms with Crippen LogP contribution in [0.5, 0.6) is 0 Å². The number of nitrogens with one attached hydrogen (secondary N) is 2. The zero-order valence-electron chi connectivity index (χ0n) is 18.1. The monoisotopic (exact) mass is 518 g/mol. The van der Waals surface area contributed by atoms with E-state index in [1.165, 1.54) is 17.5 Å². The van der Waals surface area contributed by atoms with E-state index in [0.29, 0.717) is 19.8 Å². The topological polar surface area (TPSA) is 58.1 Å². The van der Waals surface area contributed by atoms with E-state index in [1.807, 2.05) is 0 Å². The van der Waals surface area contributed by atoms with Gasteiger partial charge in [0, 0.05) is 46.4 Å². The molecule has 1 aliphatic rings. The van der Waals surface area contributed by atoms with Crippen molar-refractivity contribution in [2.24, 2.45) is 4.99 Å². The fourth-order valence-electron chi connectivity index (χ4n) is 3.29. The van der Waals surface area contributed by atoms with E-state index in [4.69, 9.17) is 9.47 Å². The van der Waals surface area contributed by atoms with Crippen molar-refractivity contribution >= 4 is 29.9 Å². The summed E-state index contributed by atoms with van der Waals surface area (Å²) in [5, 5.41) is 6.68. The number of nitrogens with zero attached hydrogens (tertiary/aromatic N) is 2. The molecule has 0 saturated heterocycles. The van der Waals surface area contributed by atoms with Crippen LogP contribution in [0.1, 0.15) is 37.3 Å². The highest BCUT2D eigenvalue weighted by Gasteiger charge is 2.14. The van der Waals surface area contributed by atoms with Crippen molar-refractivity contribution in [1.82, 2.24) is 15.5 Å². The van der Waals surface area contributed by atoms with Gasteiger partial charge in [-0.1, -0.05) is 37.6 Å². The quantitative estimate of drug-likeness (QED) is 0.182. The largest absolute Gasteiger partial charge is 0.379 e. The van der Waals surface area contributed by atoms with Crippen LogP contribution >= 0.6 is 24.0 Å². The molecule has 0 atom stereocenters. The second-order valence-corrected chi connectivity index (χ2v) is 7.15. The summed E-state index contributed by atoms with van der Waals surface area (Å²) < 4.78 is 11.0. The van der Waals surface area contributed by atoms with Crippen LogP contribution in [0.25, 0.3) is 0 Å². The molecule has 0 saturated carbocycles. The van der Waals surface area contributed by atoms with Crippen molar-refractivity contribution in [3.63, 3.8) is 0 Å². The van der Waals surface area contributed by atoms with Gasteiger partial charge in [-0.2, -0.15) is 0 Å². The minimum absolute atomic E-state index is 0. The van der Waals surface area contributed by atoms with Gasteiger partial charge in [0.05, 0.1) is 19.8 Å². The number of unbranched alkanes of at least 4 members (excludes halogenated alkanes) is 1. The molecule has 2 N–H and O–H groups in total. The van der Waals surface area contributed by atoms with E-state index >= 15 is 0 Å². The van der Waals surface area contributed by atoms with Crippen molar-refractivity contribution in [3.05, 3.63) is 35.4 Å². The van der Waals surface area contributed by atoms with Crippen LogP contribution in [0.15, 0.2) is 29.3 Å². The van der Waals surface area contributed by atoms with Crippen molar-refractivity contribution in [2.45, 2.75) is 39.2 Å². The number of fused-ring (bicyclic) bond motifs is 1. The van der Waals surface area contributed by atoms with Crippen LogP contribution in [0.4, 0.5) is 0 Å². The van der Waals surface area contributed by atoms with Gasteiger partial charge >= 0.3 is 0 Å². The average molecular weight is 518 g/mol. The minimum atomic E-state index is 0. The van der Waals surface area contributed by atoms with Crippen molar-refractivity contribution in [3.8, 4) is 0 Å². The van der Waals surface area contributed by atoms with E-state index in [0.717, 1.165) is 64.6 Å². The van der Waals surface area contributed by atoms with Gasteiger partial charge in [0.1, 0.15) is 0 Å². The first-order valence-electron chi connectivity index (χ1n) is 10.7. The molecular weight excluding hydrogens is 479 g/mol. The fourth-order valence-corrected chi connectivity index (χ4v) is 3.29. The lowest BCUT2D eigenvalue weighted by Crippen LogP contribution is -2.40. The maximum Gasteiger partial charge on any atom is 0.191 e. The van der Waals surface area contributed by atoms with Gasteiger partial charge in [0.2, 0.25) is 0 Å². The molecule has 0 spiro atoms. The summed E-state index contributed by atoms with van der Waals surface area (Å²) in [5.74, 6) is 0.840. The molecule has 6 nitrogen and oxygen atoms in total. The summed E-state index contributed by atoms with van der Waals surface area (Å²) in [7, 11) is 1.80. The van der Waals surface area contributed by atoms with Crippen LogP contribution in [0.2, 0.25) is 0 Å². The minimum Gasteiger partial charge on any atom is -0.379 e. The molecule has 0 aromatic heterocycles. The number of ether oxygens (including phenoxy) is 2. The van der Waals surface area contributed by atoms with Crippen molar-refractivity contribution in [1.29, 1.82) is 0 Å². The van der Waals surface area contributed by atoms with Crippen LogP contribution in [-0.4, -0.2) is 70.5 Å². The van der Waals surface area contributed by atoms with E-state index in [-0.39, 0.29) is 24.0 Å². The van der Waals surface area contributed by atoms with Crippen molar-refractivity contribution < 1.29 is 9.47 Å².